The van der Waals surface area contributed by atoms with E-state index in [1.807, 2.05) is 0 Å². The Kier molecular flexibility index (Phi) is 3.03. The van der Waals surface area contributed by atoms with Gasteiger partial charge in [-0.25, -0.2) is 0 Å². The van der Waals surface area contributed by atoms with Crippen molar-refractivity contribution in [3.63, 3.8) is 0 Å². The highest BCUT2D eigenvalue weighted by molar-refractivity contribution is 5.43. The van der Waals surface area contributed by atoms with Crippen LogP contribution in [0.3, 0.4) is 0 Å². The lowest BCUT2D eigenvalue weighted by atomic mass is 9.94. The molecule has 0 aliphatic carbocycles. The van der Waals surface area contributed by atoms with Gasteiger partial charge in [0.25, 0.3) is 0 Å². The molecule has 2 atom stereocenters. The second-order valence-electron chi connectivity index (χ2n) is 4.34. The molecule has 0 saturated carbocycles. The standard InChI is InChI=1S/C12H13F3O2/c1-7(16)4-8-6-17-11-3-2-9(5-10(8)11)12(13,14)15/h2-3,5,7-8,16H,4,6H2,1H3. The van der Waals surface area contributed by atoms with Crippen molar-refractivity contribution in [3.8, 4) is 5.75 Å². The van der Waals surface area contributed by atoms with Gasteiger partial charge in [-0.15, -0.1) is 0 Å². The number of alkyl halides is 3. The van der Waals surface area contributed by atoms with Crippen LogP contribution in [-0.2, 0) is 6.18 Å². The molecule has 1 heterocycles. The summed E-state index contributed by atoms with van der Waals surface area (Å²) in [5.74, 6) is 0.330. The van der Waals surface area contributed by atoms with Crippen molar-refractivity contribution >= 4 is 0 Å². The highest BCUT2D eigenvalue weighted by Crippen LogP contribution is 2.40. The maximum absolute atomic E-state index is 12.6. The number of benzene rings is 1. The van der Waals surface area contributed by atoms with Gasteiger partial charge in [0.1, 0.15) is 5.75 Å². The number of hydrogen-bond acceptors (Lipinski definition) is 2. The van der Waals surface area contributed by atoms with E-state index in [1.165, 1.54) is 6.07 Å². The lowest BCUT2D eigenvalue weighted by Gasteiger charge is -2.12. The minimum absolute atomic E-state index is 0.160. The largest absolute Gasteiger partial charge is 0.493 e. The van der Waals surface area contributed by atoms with Gasteiger partial charge in [-0.05, 0) is 31.5 Å². The maximum atomic E-state index is 12.6. The molecular formula is C12H13F3O2. The zero-order chi connectivity index (χ0) is 12.6. The van der Waals surface area contributed by atoms with Crippen molar-refractivity contribution in [1.29, 1.82) is 0 Å². The number of rotatable bonds is 2. The van der Waals surface area contributed by atoms with Gasteiger partial charge in [0.05, 0.1) is 18.3 Å². The van der Waals surface area contributed by atoms with Gasteiger partial charge in [0.2, 0.25) is 0 Å². The van der Waals surface area contributed by atoms with E-state index in [0.717, 1.165) is 12.1 Å². The van der Waals surface area contributed by atoms with Crippen LogP contribution >= 0.6 is 0 Å². The first-order valence-corrected chi connectivity index (χ1v) is 5.40. The number of aliphatic hydroxyl groups is 1. The van der Waals surface area contributed by atoms with Crippen LogP contribution in [0, 0.1) is 0 Å². The molecule has 1 aromatic carbocycles. The lowest BCUT2D eigenvalue weighted by molar-refractivity contribution is -0.137. The SMILES string of the molecule is CC(O)CC1COc2ccc(C(F)(F)F)cc21. The zero-order valence-corrected chi connectivity index (χ0v) is 9.29. The second kappa shape index (κ2) is 4.22. The molecule has 2 unspecified atom stereocenters. The molecule has 17 heavy (non-hydrogen) atoms. The Bertz CT molecular complexity index is 413. The van der Waals surface area contributed by atoms with Crippen LogP contribution < -0.4 is 4.74 Å². The fourth-order valence-electron chi connectivity index (χ4n) is 2.06. The van der Waals surface area contributed by atoms with Crippen molar-refractivity contribution < 1.29 is 23.0 Å². The molecule has 94 valence electrons. The monoisotopic (exact) mass is 246 g/mol. The molecule has 1 aliphatic rings. The number of fused-ring (bicyclic) bond motifs is 1. The molecule has 0 amide bonds. The van der Waals surface area contributed by atoms with Gasteiger partial charge in [-0.2, -0.15) is 13.2 Å². The summed E-state index contributed by atoms with van der Waals surface area (Å²) in [5, 5.41) is 9.29. The van der Waals surface area contributed by atoms with Crippen molar-refractivity contribution in [2.75, 3.05) is 6.61 Å². The Balaban J connectivity index is 2.31. The van der Waals surface area contributed by atoms with Crippen molar-refractivity contribution in [3.05, 3.63) is 29.3 Å². The normalized spacial score (nSPS) is 20.9. The molecule has 1 N–H and O–H groups in total. The predicted molar refractivity (Wildman–Crippen MR) is 56.0 cm³/mol. The molecule has 0 spiro atoms. The van der Waals surface area contributed by atoms with Gasteiger partial charge in [0, 0.05) is 11.5 Å². The molecule has 2 rings (SSSR count). The molecule has 0 fully saturated rings. The summed E-state index contributed by atoms with van der Waals surface area (Å²) in [6, 6.07) is 3.49. The fourth-order valence-corrected chi connectivity index (χ4v) is 2.06. The fraction of sp³-hybridized carbons (Fsp3) is 0.500. The van der Waals surface area contributed by atoms with Crippen LogP contribution in [0.4, 0.5) is 13.2 Å². The minimum Gasteiger partial charge on any atom is -0.493 e. The van der Waals surface area contributed by atoms with E-state index in [9.17, 15) is 18.3 Å². The van der Waals surface area contributed by atoms with Crippen LogP contribution in [0.25, 0.3) is 0 Å². The third kappa shape index (κ3) is 2.54. The Morgan fingerprint density at radius 3 is 2.76 bits per heavy atom. The summed E-state index contributed by atoms with van der Waals surface area (Å²) >= 11 is 0. The van der Waals surface area contributed by atoms with Crippen molar-refractivity contribution in [1.82, 2.24) is 0 Å². The van der Waals surface area contributed by atoms with Gasteiger partial charge < -0.3 is 9.84 Å². The van der Waals surface area contributed by atoms with Crippen LogP contribution in [0.15, 0.2) is 18.2 Å². The van der Waals surface area contributed by atoms with Gasteiger partial charge >= 0.3 is 6.18 Å². The molecule has 1 aromatic rings. The summed E-state index contributed by atoms with van der Waals surface area (Å²) in [6.07, 6.45) is -4.48. The van der Waals surface area contributed by atoms with Gasteiger partial charge in [-0.3, -0.25) is 0 Å². The van der Waals surface area contributed by atoms with E-state index < -0.39 is 17.8 Å². The van der Waals surface area contributed by atoms with Crippen LogP contribution in [0.2, 0.25) is 0 Å². The number of hydrogen-bond donors (Lipinski definition) is 1. The van der Waals surface area contributed by atoms with Crippen molar-refractivity contribution in [2.45, 2.75) is 31.5 Å². The third-order valence-electron chi connectivity index (χ3n) is 2.84. The van der Waals surface area contributed by atoms with Crippen LogP contribution in [-0.4, -0.2) is 17.8 Å². The van der Waals surface area contributed by atoms with E-state index in [-0.39, 0.29) is 5.92 Å². The van der Waals surface area contributed by atoms with E-state index in [4.69, 9.17) is 4.74 Å². The quantitative estimate of drug-likeness (QED) is 0.869. The third-order valence-corrected chi connectivity index (χ3v) is 2.84. The number of aliphatic hydroxyl groups excluding tert-OH is 1. The molecule has 0 aromatic heterocycles. The number of halogens is 3. The molecule has 1 aliphatic heterocycles. The van der Waals surface area contributed by atoms with E-state index in [0.29, 0.717) is 24.3 Å². The molecule has 0 saturated heterocycles. The Morgan fingerprint density at radius 1 is 1.47 bits per heavy atom. The Hall–Kier alpha value is -1.23. The topological polar surface area (TPSA) is 29.5 Å². The number of ether oxygens (including phenoxy) is 1. The smallest absolute Gasteiger partial charge is 0.416 e. The molecule has 0 radical (unpaired) electrons. The first-order valence-electron chi connectivity index (χ1n) is 5.40. The van der Waals surface area contributed by atoms with E-state index in [2.05, 4.69) is 0 Å². The van der Waals surface area contributed by atoms with Crippen LogP contribution in [0.1, 0.15) is 30.4 Å². The van der Waals surface area contributed by atoms with E-state index in [1.54, 1.807) is 6.92 Å². The summed E-state index contributed by atoms with van der Waals surface area (Å²) in [6.45, 7) is 1.95. The van der Waals surface area contributed by atoms with Crippen molar-refractivity contribution in [2.24, 2.45) is 0 Å². The van der Waals surface area contributed by atoms with Gasteiger partial charge in [0.15, 0.2) is 0 Å². The first-order chi connectivity index (χ1) is 7.88. The molecule has 2 nitrogen and oxygen atoms in total. The predicted octanol–water partition coefficient (Wildman–Crippen LogP) is 2.95. The Labute approximate surface area is 97.0 Å². The summed E-state index contributed by atoms with van der Waals surface area (Å²) in [4.78, 5) is 0. The maximum Gasteiger partial charge on any atom is 0.416 e. The molecular weight excluding hydrogens is 233 g/mol. The Morgan fingerprint density at radius 2 is 2.18 bits per heavy atom. The first kappa shape index (κ1) is 12.2. The summed E-state index contributed by atoms with van der Waals surface area (Å²) < 4.78 is 43.0. The van der Waals surface area contributed by atoms with Gasteiger partial charge in [-0.1, -0.05) is 0 Å². The zero-order valence-electron chi connectivity index (χ0n) is 9.29. The van der Waals surface area contributed by atoms with Crippen LogP contribution in [0.5, 0.6) is 5.75 Å². The summed E-state index contributed by atoms with van der Waals surface area (Å²) in [7, 11) is 0. The second-order valence-corrected chi connectivity index (χ2v) is 4.34. The highest BCUT2D eigenvalue weighted by atomic mass is 19.4. The minimum atomic E-state index is -4.34. The highest BCUT2D eigenvalue weighted by Gasteiger charge is 2.34. The van der Waals surface area contributed by atoms with E-state index >= 15 is 0 Å². The summed E-state index contributed by atoms with van der Waals surface area (Å²) in [5.41, 5.74) is -0.127. The molecule has 0 bridgehead atoms. The average Bonchev–Trinajstić information content (AvgIpc) is 2.59. The lowest BCUT2D eigenvalue weighted by Crippen LogP contribution is -2.10. The average molecular weight is 246 g/mol. The molecule has 5 heteroatoms.